The number of benzene rings is 1. The highest BCUT2D eigenvalue weighted by molar-refractivity contribution is 5.91. The molecule has 0 aromatic heterocycles. The molecule has 1 aromatic carbocycles. The number of carbonyl (C=O) groups is 2. The summed E-state index contributed by atoms with van der Waals surface area (Å²) >= 11 is 0. The summed E-state index contributed by atoms with van der Waals surface area (Å²) in [7, 11) is 1.40. The Morgan fingerprint density at radius 1 is 1.18 bits per heavy atom. The fourth-order valence-corrected chi connectivity index (χ4v) is 3.31. The summed E-state index contributed by atoms with van der Waals surface area (Å²) in [6.07, 6.45) is 2.93. The van der Waals surface area contributed by atoms with Gasteiger partial charge in [-0.3, -0.25) is 9.59 Å². The van der Waals surface area contributed by atoms with Crippen molar-refractivity contribution in [3.63, 3.8) is 0 Å². The average Bonchev–Trinajstić information content (AvgIpc) is 3.36. The van der Waals surface area contributed by atoms with Gasteiger partial charge in [-0.15, -0.1) is 0 Å². The van der Waals surface area contributed by atoms with E-state index in [0.717, 1.165) is 18.4 Å². The molecule has 3 rings (SSSR count). The van der Waals surface area contributed by atoms with E-state index in [0.29, 0.717) is 25.9 Å². The maximum atomic E-state index is 13.1. The maximum absolute atomic E-state index is 13.1. The highest BCUT2D eigenvalue weighted by atomic mass is 19.1. The van der Waals surface area contributed by atoms with Crippen molar-refractivity contribution in [2.24, 2.45) is 5.92 Å². The summed E-state index contributed by atoms with van der Waals surface area (Å²) in [6, 6.07) is 6.24. The predicted octanol–water partition coefficient (Wildman–Crippen LogP) is 2.27. The third-order valence-electron chi connectivity index (χ3n) is 4.87. The van der Waals surface area contributed by atoms with E-state index in [9.17, 15) is 14.0 Å². The van der Waals surface area contributed by atoms with Crippen LogP contribution in [0.2, 0.25) is 0 Å². The third-order valence-corrected chi connectivity index (χ3v) is 4.87. The molecule has 1 amide bonds. The van der Waals surface area contributed by atoms with E-state index < -0.39 is 5.41 Å². The maximum Gasteiger partial charge on any atom is 0.308 e. The van der Waals surface area contributed by atoms with E-state index >= 15 is 0 Å². The van der Waals surface area contributed by atoms with Gasteiger partial charge < -0.3 is 9.64 Å². The summed E-state index contributed by atoms with van der Waals surface area (Å²) in [4.78, 5) is 26.2. The highest BCUT2D eigenvalue weighted by Gasteiger charge is 2.53. The Morgan fingerprint density at radius 3 is 2.27 bits per heavy atom. The van der Waals surface area contributed by atoms with Crippen molar-refractivity contribution in [2.75, 3.05) is 20.2 Å². The van der Waals surface area contributed by atoms with Crippen molar-refractivity contribution in [3.8, 4) is 0 Å². The molecule has 22 heavy (non-hydrogen) atoms. The summed E-state index contributed by atoms with van der Waals surface area (Å²) in [5.41, 5.74) is 0.431. The summed E-state index contributed by atoms with van der Waals surface area (Å²) < 4.78 is 17.8. The standard InChI is InChI=1S/C17H20FNO3/c1-22-15(20)12-6-10-19(11-7-12)16(21)17(8-9-17)13-2-4-14(18)5-3-13/h2-5,12H,6-11H2,1H3. The number of methoxy groups -OCH3 is 1. The molecular weight excluding hydrogens is 285 g/mol. The number of piperidine rings is 1. The number of hydrogen-bond acceptors (Lipinski definition) is 3. The van der Waals surface area contributed by atoms with Gasteiger partial charge in [-0.2, -0.15) is 0 Å². The molecule has 0 atom stereocenters. The number of amides is 1. The van der Waals surface area contributed by atoms with Crippen molar-refractivity contribution >= 4 is 11.9 Å². The zero-order valence-corrected chi connectivity index (χ0v) is 12.7. The van der Waals surface area contributed by atoms with Gasteiger partial charge in [0.25, 0.3) is 0 Å². The second kappa shape index (κ2) is 5.71. The Kier molecular flexibility index (Phi) is 3.89. The van der Waals surface area contributed by atoms with Crippen LogP contribution < -0.4 is 0 Å². The number of carbonyl (C=O) groups excluding carboxylic acids is 2. The van der Waals surface area contributed by atoms with Gasteiger partial charge in [-0.05, 0) is 43.4 Å². The first-order chi connectivity index (χ1) is 10.6. The predicted molar refractivity (Wildman–Crippen MR) is 78.6 cm³/mol. The lowest BCUT2D eigenvalue weighted by Crippen LogP contribution is -2.45. The van der Waals surface area contributed by atoms with Crippen molar-refractivity contribution in [1.29, 1.82) is 0 Å². The van der Waals surface area contributed by atoms with E-state index in [1.807, 2.05) is 4.90 Å². The van der Waals surface area contributed by atoms with Crippen LogP contribution in [-0.4, -0.2) is 37.0 Å². The topological polar surface area (TPSA) is 46.6 Å². The molecule has 5 heteroatoms. The molecule has 2 aliphatic rings. The molecule has 1 saturated heterocycles. The Bertz CT molecular complexity index is 572. The molecule has 1 aliphatic heterocycles. The van der Waals surface area contributed by atoms with Crippen LogP contribution in [0.15, 0.2) is 24.3 Å². The lowest BCUT2D eigenvalue weighted by Gasteiger charge is -2.33. The molecule has 0 unspecified atom stereocenters. The number of esters is 1. The Balaban J connectivity index is 1.67. The van der Waals surface area contributed by atoms with Crippen molar-refractivity contribution < 1.29 is 18.7 Å². The quantitative estimate of drug-likeness (QED) is 0.805. The van der Waals surface area contributed by atoms with E-state index in [1.54, 1.807) is 12.1 Å². The van der Waals surface area contributed by atoms with Gasteiger partial charge in [-0.1, -0.05) is 12.1 Å². The first kappa shape index (κ1) is 15.0. The van der Waals surface area contributed by atoms with Crippen molar-refractivity contribution in [3.05, 3.63) is 35.6 Å². The molecule has 1 saturated carbocycles. The number of hydrogen-bond donors (Lipinski definition) is 0. The van der Waals surface area contributed by atoms with Gasteiger partial charge in [-0.25, -0.2) is 4.39 Å². The lowest BCUT2D eigenvalue weighted by molar-refractivity contribution is -0.149. The fraction of sp³-hybridized carbons (Fsp3) is 0.529. The number of ether oxygens (including phenoxy) is 1. The SMILES string of the molecule is COC(=O)C1CCN(C(=O)C2(c3ccc(F)cc3)CC2)CC1. The minimum absolute atomic E-state index is 0.102. The zero-order chi connectivity index (χ0) is 15.7. The first-order valence-electron chi connectivity index (χ1n) is 7.70. The van der Waals surface area contributed by atoms with Crippen LogP contribution in [0.1, 0.15) is 31.2 Å². The van der Waals surface area contributed by atoms with Crippen LogP contribution in [0.4, 0.5) is 4.39 Å². The van der Waals surface area contributed by atoms with Gasteiger partial charge >= 0.3 is 5.97 Å². The van der Waals surface area contributed by atoms with Gasteiger partial charge in [0.2, 0.25) is 5.91 Å². The van der Waals surface area contributed by atoms with E-state index in [1.165, 1.54) is 19.2 Å². The fourth-order valence-electron chi connectivity index (χ4n) is 3.31. The highest BCUT2D eigenvalue weighted by Crippen LogP contribution is 2.50. The van der Waals surface area contributed by atoms with Gasteiger partial charge in [0.1, 0.15) is 5.82 Å². The number of rotatable bonds is 3. The summed E-state index contributed by atoms with van der Waals surface area (Å²) in [5.74, 6) is -0.463. The third kappa shape index (κ3) is 2.60. The van der Waals surface area contributed by atoms with Gasteiger partial charge in [0.15, 0.2) is 0 Å². The minimum Gasteiger partial charge on any atom is -0.469 e. The van der Waals surface area contributed by atoms with Crippen LogP contribution in [0.3, 0.4) is 0 Å². The average molecular weight is 305 g/mol. The second-order valence-electron chi connectivity index (χ2n) is 6.18. The van der Waals surface area contributed by atoms with Crippen LogP contribution in [0, 0.1) is 11.7 Å². The summed E-state index contributed by atoms with van der Waals surface area (Å²) in [6.45, 7) is 1.17. The molecule has 0 radical (unpaired) electrons. The van der Waals surface area contributed by atoms with E-state index in [4.69, 9.17) is 4.74 Å². The molecule has 0 bridgehead atoms. The van der Waals surface area contributed by atoms with Crippen LogP contribution in [0.25, 0.3) is 0 Å². The van der Waals surface area contributed by atoms with Gasteiger partial charge in [0, 0.05) is 13.1 Å². The number of halogens is 1. The normalized spacial score (nSPS) is 20.5. The molecule has 118 valence electrons. The molecule has 2 fully saturated rings. The lowest BCUT2D eigenvalue weighted by atomic mass is 9.91. The van der Waals surface area contributed by atoms with Crippen molar-refractivity contribution in [1.82, 2.24) is 4.90 Å². The summed E-state index contributed by atoms with van der Waals surface area (Å²) in [5, 5.41) is 0. The van der Waals surface area contributed by atoms with Gasteiger partial charge in [0.05, 0.1) is 18.4 Å². The van der Waals surface area contributed by atoms with Crippen LogP contribution >= 0.6 is 0 Å². The number of nitrogens with zero attached hydrogens (tertiary/aromatic N) is 1. The van der Waals surface area contributed by atoms with E-state index in [2.05, 4.69) is 0 Å². The molecular formula is C17H20FNO3. The second-order valence-corrected chi connectivity index (χ2v) is 6.18. The smallest absolute Gasteiger partial charge is 0.308 e. The first-order valence-corrected chi connectivity index (χ1v) is 7.70. The van der Waals surface area contributed by atoms with Crippen LogP contribution in [0.5, 0.6) is 0 Å². The van der Waals surface area contributed by atoms with E-state index in [-0.39, 0.29) is 23.6 Å². The Morgan fingerprint density at radius 2 is 1.77 bits per heavy atom. The molecule has 1 aliphatic carbocycles. The molecule has 1 aromatic rings. The Labute approximate surface area is 129 Å². The largest absolute Gasteiger partial charge is 0.469 e. The Hall–Kier alpha value is -1.91. The molecule has 0 N–H and O–H groups in total. The minimum atomic E-state index is -0.466. The monoisotopic (exact) mass is 305 g/mol. The molecule has 0 spiro atoms. The van der Waals surface area contributed by atoms with Crippen LogP contribution in [-0.2, 0) is 19.7 Å². The molecule has 4 nitrogen and oxygen atoms in total. The zero-order valence-electron chi connectivity index (χ0n) is 12.7. The van der Waals surface area contributed by atoms with Crippen molar-refractivity contribution in [2.45, 2.75) is 31.1 Å². The molecule has 1 heterocycles. The number of likely N-dealkylation sites (tertiary alicyclic amines) is 1.